The van der Waals surface area contributed by atoms with Crippen LogP contribution in [-0.2, 0) is 10.0 Å². The van der Waals surface area contributed by atoms with E-state index in [-0.39, 0.29) is 48.3 Å². The van der Waals surface area contributed by atoms with Gasteiger partial charge in [-0.05, 0) is 39.0 Å². The molecule has 0 bridgehead atoms. The van der Waals surface area contributed by atoms with Gasteiger partial charge in [-0.15, -0.1) is 0 Å². The van der Waals surface area contributed by atoms with Crippen molar-refractivity contribution in [2.75, 3.05) is 26.7 Å². The number of carbonyl (C=O) groups excluding carboxylic acids is 1. The molecule has 0 fully saturated rings. The highest BCUT2D eigenvalue weighted by Gasteiger charge is 2.38. The first-order valence-corrected chi connectivity index (χ1v) is 11.8. The third kappa shape index (κ3) is 5.62. The van der Waals surface area contributed by atoms with E-state index in [9.17, 15) is 18.3 Å². The molecule has 0 aliphatic carbocycles. The highest BCUT2D eigenvalue weighted by Crippen LogP contribution is 2.35. The molecule has 2 amide bonds. The van der Waals surface area contributed by atoms with Gasteiger partial charge in [-0.3, -0.25) is 0 Å². The summed E-state index contributed by atoms with van der Waals surface area (Å²) in [5.41, 5.74) is 0. The van der Waals surface area contributed by atoms with Crippen molar-refractivity contribution in [1.29, 1.82) is 0 Å². The van der Waals surface area contributed by atoms with Gasteiger partial charge >= 0.3 is 6.03 Å². The normalized spacial score (nSPS) is 22.8. The van der Waals surface area contributed by atoms with Gasteiger partial charge in [0, 0.05) is 36.1 Å². The molecule has 0 saturated heterocycles. The van der Waals surface area contributed by atoms with E-state index < -0.39 is 22.2 Å². The fraction of sp³-hybridized carbons (Fsp3) is 0.632. The average molecular weight is 492 g/mol. The number of ether oxygens (including phenoxy) is 1. The molecule has 1 aromatic carbocycles. The van der Waals surface area contributed by atoms with Crippen LogP contribution in [0.15, 0.2) is 27.6 Å². The summed E-state index contributed by atoms with van der Waals surface area (Å²) in [4.78, 5) is 13.9. The lowest BCUT2D eigenvalue weighted by molar-refractivity contribution is 0.0809. The van der Waals surface area contributed by atoms with Crippen LogP contribution in [0.4, 0.5) is 4.79 Å². The maximum absolute atomic E-state index is 13.2. The van der Waals surface area contributed by atoms with E-state index in [1.54, 1.807) is 26.1 Å². The number of aliphatic hydroxyl groups is 1. The summed E-state index contributed by atoms with van der Waals surface area (Å²) < 4.78 is 34.6. The van der Waals surface area contributed by atoms with Crippen molar-refractivity contribution in [1.82, 2.24) is 14.5 Å². The summed E-state index contributed by atoms with van der Waals surface area (Å²) in [6.45, 7) is 7.48. The van der Waals surface area contributed by atoms with Crippen LogP contribution >= 0.6 is 15.9 Å². The van der Waals surface area contributed by atoms with Gasteiger partial charge < -0.3 is 20.1 Å². The first kappa shape index (κ1) is 23.9. The Hall–Kier alpha value is -1.36. The molecule has 3 atom stereocenters. The number of hydrogen-bond donors (Lipinski definition) is 2. The van der Waals surface area contributed by atoms with Crippen LogP contribution in [0.1, 0.15) is 27.7 Å². The van der Waals surface area contributed by atoms with E-state index in [2.05, 4.69) is 21.2 Å². The molecule has 1 aliphatic heterocycles. The molecule has 0 unspecified atom stereocenters. The van der Waals surface area contributed by atoms with Crippen molar-refractivity contribution in [2.24, 2.45) is 5.92 Å². The van der Waals surface area contributed by atoms with E-state index in [1.807, 2.05) is 20.8 Å². The molecule has 0 radical (unpaired) electrons. The number of hydrogen-bond acceptors (Lipinski definition) is 5. The van der Waals surface area contributed by atoms with E-state index in [0.717, 1.165) is 0 Å². The predicted molar refractivity (Wildman–Crippen MR) is 114 cm³/mol. The maximum atomic E-state index is 13.2. The fourth-order valence-electron chi connectivity index (χ4n) is 3.13. The Balaban J connectivity index is 2.43. The van der Waals surface area contributed by atoms with Crippen molar-refractivity contribution < 1.29 is 23.1 Å². The summed E-state index contributed by atoms with van der Waals surface area (Å²) in [6.07, 6.45) is -0.435. The zero-order valence-corrected chi connectivity index (χ0v) is 19.8. The van der Waals surface area contributed by atoms with Crippen LogP contribution in [-0.4, -0.2) is 73.7 Å². The number of rotatable bonds is 5. The van der Waals surface area contributed by atoms with Crippen LogP contribution in [0.3, 0.4) is 0 Å². The number of fused-ring (bicyclic) bond motifs is 1. The Morgan fingerprint density at radius 2 is 2.07 bits per heavy atom. The van der Waals surface area contributed by atoms with Crippen LogP contribution in [0.25, 0.3) is 0 Å². The van der Waals surface area contributed by atoms with Crippen molar-refractivity contribution in [3.05, 3.63) is 22.7 Å². The third-order valence-electron chi connectivity index (χ3n) is 4.84. The molecular formula is C19H30BrN3O5S. The Labute approximate surface area is 181 Å². The topological polar surface area (TPSA) is 99.2 Å². The standard InChI is InChI=1S/C19H30BrN3O5S/c1-12(2)21-19(25)22(5)10-17-13(3)9-23(14(4)11-24)29(26,27)18-7-6-15(20)8-16(18)28-17/h6-8,12-14,17,24H,9-11H2,1-5H3,(H,21,25)/t13-,14+,17-/m1/s1. The summed E-state index contributed by atoms with van der Waals surface area (Å²) in [6, 6.07) is 3.95. The van der Waals surface area contributed by atoms with E-state index in [4.69, 9.17) is 4.74 Å². The Morgan fingerprint density at radius 1 is 1.41 bits per heavy atom. The Bertz CT molecular complexity index is 833. The fourth-order valence-corrected chi connectivity index (χ4v) is 5.29. The van der Waals surface area contributed by atoms with Crippen molar-refractivity contribution in [3.8, 4) is 5.75 Å². The number of nitrogens with one attached hydrogen (secondary N) is 1. The average Bonchev–Trinajstić information content (AvgIpc) is 2.63. The number of benzene rings is 1. The maximum Gasteiger partial charge on any atom is 0.317 e. The number of urea groups is 1. The van der Waals surface area contributed by atoms with Crippen LogP contribution in [0.5, 0.6) is 5.75 Å². The second-order valence-electron chi connectivity index (χ2n) is 7.82. The molecule has 0 spiro atoms. The number of sulfonamides is 1. The van der Waals surface area contributed by atoms with Gasteiger partial charge in [-0.25, -0.2) is 13.2 Å². The highest BCUT2D eigenvalue weighted by molar-refractivity contribution is 9.10. The summed E-state index contributed by atoms with van der Waals surface area (Å²) >= 11 is 3.36. The minimum atomic E-state index is -3.85. The molecular weight excluding hydrogens is 462 g/mol. The molecule has 8 nitrogen and oxygen atoms in total. The number of aliphatic hydroxyl groups excluding tert-OH is 1. The van der Waals surface area contributed by atoms with Crippen molar-refractivity contribution in [3.63, 3.8) is 0 Å². The van der Waals surface area contributed by atoms with E-state index in [0.29, 0.717) is 4.47 Å². The minimum Gasteiger partial charge on any atom is -0.487 e. The van der Waals surface area contributed by atoms with Crippen molar-refractivity contribution >= 4 is 32.0 Å². The largest absolute Gasteiger partial charge is 0.487 e. The molecule has 0 saturated carbocycles. The van der Waals surface area contributed by atoms with E-state index in [1.165, 1.54) is 15.3 Å². The third-order valence-corrected chi connectivity index (χ3v) is 7.35. The number of halogens is 1. The molecule has 1 heterocycles. The Morgan fingerprint density at radius 3 is 2.66 bits per heavy atom. The summed E-state index contributed by atoms with van der Waals surface area (Å²) in [5.74, 6) is 0.00365. The number of carbonyl (C=O) groups is 1. The lowest BCUT2D eigenvalue weighted by Gasteiger charge is -2.37. The first-order chi connectivity index (χ1) is 13.5. The van der Waals surface area contributed by atoms with Gasteiger partial charge in [-0.1, -0.05) is 22.9 Å². The number of likely N-dealkylation sites (N-methyl/N-ethyl adjacent to an activating group) is 1. The molecule has 164 valence electrons. The van der Waals surface area contributed by atoms with Crippen LogP contribution in [0, 0.1) is 5.92 Å². The van der Waals surface area contributed by atoms with Gasteiger partial charge in [0.1, 0.15) is 16.7 Å². The molecule has 1 aromatic rings. The van der Waals surface area contributed by atoms with Crippen LogP contribution < -0.4 is 10.1 Å². The molecule has 1 aliphatic rings. The second-order valence-corrected chi connectivity index (χ2v) is 10.6. The SMILES string of the molecule is CC(C)NC(=O)N(C)C[C@H]1Oc2cc(Br)ccc2S(=O)(=O)N([C@@H](C)CO)C[C@H]1C. The highest BCUT2D eigenvalue weighted by atomic mass is 79.9. The second kappa shape index (κ2) is 9.63. The molecule has 10 heteroatoms. The number of amides is 2. The summed E-state index contributed by atoms with van der Waals surface area (Å²) in [7, 11) is -2.17. The van der Waals surface area contributed by atoms with E-state index >= 15 is 0 Å². The quantitative estimate of drug-likeness (QED) is 0.657. The van der Waals surface area contributed by atoms with Gasteiger partial charge in [0.25, 0.3) is 0 Å². The zero-order chi connectivity index (χ0) is 21.9. The zero-order valence-electron chi connectivity index (χ0n) is 17.4. The lowest BCUT2D eigenvalue weighted by atomic mass is 10.0. The monoisotopic (exact) mass is 491 g/mol. The summed E-state index contributed by atoms with van der Waals surface area (Å²) in [5, 5.41) is 12.5. The van der Waals surface area contributed by atoms with Crippen LogP contribution in [0.2, 0.25) is 0 Å². The first-order valence-electron chi connectivity index (χ1n) is 9.57. The van der Waals surface area contributed by atoms with Gasteiger partial charge in [0.05, 0.1) is 13.2 Å². The molecule has 29 heavy (non-hydrogen) atoms. The predicted octanol–water partition coefficient (Wildman–Crippen LogP) is 2.27. The molecule has 2 rings (SSSR count). The lowest BCUT2D eigenvalue weighted by Crippen LogP contribution is -2.51. The Kier molecular flexibility index (Phi) is 7.94. The number of nitrogens with zero attached hydrogens (tertiary/aromatic N) is 2. The molecule has 0 aromatic heterocycles. The van der Waals surface area contributed by atoms with Crippen molar-refractivity contribution in [2.45, 2.75) is 50.8 Å². The molecule has 2 N–H and O–H groups in total. The minimum absolute atomic E-state index is 0.00310. The smallest absolute Gasteiger partial charge is 0.317 e. The van der Waals surface area contributed by atoms with Gasteiger partial charge in [0.2, 0.25) is 10.0 Å². The van der Waals surface area contributed by atoms with Gasteiger partial charge in [0.15, 0.2) is 0 Å². The van der Waals surface area contributed by atoms with Gasteiger partial charge in [-0.2, -0.15) is 4.31 Å².